The molecule has 0 aromatic heterocycles. The van der Waals surface area contributed by atoms with Crippen molar-refractivity contribution in [3.8, 4) is 11.1 Å². The van der Waals surface area contributed by atoms with Gasteiger partial charge in [-0.15, -0.1) is 0 Å². The summed E-state index contributed by atoms with van der Waals surface area (Å²) >= 11 is 0. The Labute approximate surface area is 129 Å². The Morgan fingerprint density at radius 1 is 0.952 bits per heavy atom. The number of aryl methyl sites for hydroxylation is 3. The molecule has 112 valence electrons. The van der Waals surface area contributed by atoms with Crippen LogP contribution in [0.4, 0.5) is 0 Å². The lowest BCUT2D eigenvalue weighted by atomic mass is 9.91. The van der Waals surface area contributed by atoms with Crippen LogP contribution in [0.25, 0.3) is 11.1 Å². The normalized spacial score (nSPS) is 12.4. The Morgan fingerprint density at radius 2 is 1.62 bits per heavy atom. The minimum absolute atomic E-state index is 0.445. The van der Waals surface area contributed by atoms with E-state index >= 15 is 0 Å². The van der Waals surface area contributed by atoms with Crippen LogP contribution in [0.5, 0.6) is 0 Å². The molecule has 2 rings (SSSR count). The van der Waals surface area contributed by atoms with Gasteiger partial charge in [-0.2, -0.15) is 0 Å². The van der Waals surface area contributed by atoms with E-state index in [1.807, 2.05) is 0 Å². The van der Waals surface area contributed by atoms with Crippen molar-refractivity contribution in [2.24, 2.45) is 0 Å². The second kappa shape index (κ2) is 6.91. The molecule has 0 fully saturated rings. The molecule has 1 N–H and O–H groups in total. The first-order chi connectivity index (χ1) is 10.1. The van der Waals surface area contributed by atoms with Gasteiger partial charge >= 0.3 is 0 Å². The van der Waals surface area contributed by atoms with Crippen molar-refractivity contribution in [2.45, 2.75) is 47.1 Å². The van der Waals surface area contributed by atoms with Crippen LogP contribution in [0, 0.1) is 20.8 Å². The first kappa shape index (κ1) is 15.8. The molecule has 0 aliphatic rings. The lowest BCUT2D eigenvalue weighted by Crippen LogP contribution is -2.19. The van der Waals surface area contributed by atoms with Crippen LogP contribution in [0.2, 0.25) is 0 Å². The standard InChI is InChI=1S/C20H27N/c1-6-19(21-7-2)17-9-8-10-18(13-17)20-15(4)11-14(3)12-16(20)5/h8-13,19,21H,6-7H2,1-5H3. The number of rotatable bonds is 5. The minimum Gasteiger partial charge on any atom is -0.310 e. The predicted molar refractivity (Wildman–Crippen MR) is 92.8 cm³/mol. The molecule has 1 nitrogen and oxygen atoms in total. The van der Waals surface area contributed by atoms with Crippen molar-refractivity contribution in [1.29, 1.82) is 0 Å². The number of hydrogen-bond acceptors (Lipinski definition) is 1. The molecule has 0 aliphatic carbocycles. The molecule has 2 aromatic carbocycles. The summed E-state index contributed by atoms with van der Waals surface area (Å²) in [5.74, 6) is 0. The quantitative estimate of drug-likeness (QED) is 0.780. The molecule has 0 saturated carbocycles. The average molecular weight is 281 g/mol. The largest absolute Gasteiger partial charge is 0.310 e. The summed E-state index contributed by atoms with van der Waals surface area (Å²) in [6.45, 7) is 12.0. The number of nitrogens with one attached hydrogen (secondary N) is 1. The van der Waals surface area contributed by atoms with Gasteiger partial charge in [-0.3, -0.25) is 0 Å². The molecule has 1 heteroatoms. The van der Waals surface area contributed by atoms with E-state index in [4.69, 9.17) is 0 Å². The van der Waals surface area contributed by atoms with Crippen LogP contribution in [-0.4, -0.2) is 6.54 Å². The van der Waals surface area contributed by atoms with Crippen molar-refractivity contribution < 1.29 is 0 Å². The van der Waals surface area contributed by atoms with Gasteiger partial charge < -0.3 is 5.32 Å². The smallest absolute Gasteiger partial charge is 0.0317 e. The van der Waals surface area contributed by atoms with E-state index in [0.29, 0.717) is 6.04 Å². The van der Waals surface area contributed by atoms with Gasteiger partial charge in [-0.05, 0) is 67.6 Å². The van der Waals surface area contributed by atoms with Crippen LogP contribution in [0.1, 0.15) is 48.6 Å². The van der Waals surface area contributed by atoms with E-state index in [1.165, 1.54) is 33.4 Å². The summed E-state index contributed by atoms with van der Waals surface area (Å²) in [7, 11) is 0. The van der Waals surface area contributed by atoms with Gasteiger partial charge in [-0.1, -0.05) is 49.7 Å². The number of hydrogen-bond donors (Lipinski definition) is 1. The molecule has 0 heterocycles. The fraction of sp³-hybridized carbons (Fsp3) is 0.400. The first-order valence-corrected chi connectivity index (χ1v) is 7.98. The maximum atomic E-state index is 3.57. The van der Waals surface area contributed by atoms with Gasteiger partial charge in [0, 0.05) is 6.04 Å². The zero-order valence-electron chi connectivity index (χ0n) is 14.0. The Hall–Kier alpha value is -1.60. The molecular weight excluding hydrogens is 254 g/mol. The lowest BCUT2D eigenvalue weighted by molar-refractivity contribution is 0.537. The maximum Gasteiger partial charge on any atom is 0.0317 e. The molecule has 0 amide bonds. The van der Waals surface area contributed by atoms with Crippen LogP contribution in [0.15, 0.2) is 36.4 Å². The summed E-state index contributed by atoms with van der Waals surface area (Å²) in [5.41, 5.74) is 8.16. The highest BCUT2D eigenvalue weighted by atomic mass is 14.9. The molecular formula is C20H27N. The third kappa shape index (κ3) is 3.54. The molecule has 0 saturated heterocycles. The average Bonchev–Trinajstić information content (AvgIpc) is 2.44. The predicted octanol–water partition coefficient (Wildman–Crippen LogP) is 5.34. The van der Waals surface area contributed by atoms with Crippen molar-refractivity contribution in [3.63, 3.8) is 0 Å². The zero-order chi connectivity index (χ0) is 15.4. The molecule has 0 aliphatic heterocycles. The summed E-state index contributed by atoms with van der Waals surface area (Å²) in [6.07, 6.45) is 1.11. The SMILES string of the molecule is CCNC(CC)c1cccc(-c2c(C)cc(C)cc2C)c1. The second-order valence-electron chi connectivity index (χ2n) is 5.92. The van der Waals surface area contributed by atoms with Gasteiger partial charge in [0.1, 0.15) is 0 Å². The monoisotopic (exact) mass is 281 g/mol. The third-order valence-electron chi connectivity index (χ3n) is 4.11. The summed E-state index contributed by atoms with van der Waals surface area (Å²) in [4.78, 5) is 0. The van der Waals surface area contributed by atoms with E-state index in [9.17, 15) is 0 Å². The lowest BCUT2D eigenvalue weighted by Gasteiger charge is -2.18. The van der Waals surface area contributed by atoms with Crippen LogP contribution in [-0.2, 0) is 0 Å². The van der Waals surface area contributed by atoms with Crippen molar-refractivity contribution in [3.05, 3.63) is 58.7 Å². The Morgan fingerprint density at radius 3 is 2.19 bits per heavy atom. The van der Waals surface area contributed by atoms with Crippen LogP contribution < -0.4 is 5.32 Å². The van der Waals surface area contributed by atoms with Crippen molar-refractivity contribution in [2.75, 3.05) is 6.54 Å². The van der Waals surface area contributed by atoms with Gasteiger partial charge in [0.15, 0.2) is 0 Å². The Bertz CT molecular complexity index is 590. The first-order valence-electron chi connectivity index (χ1n) is 7.98. The summed E-state index contributed by atoms with van der Waals surface area (Å²) < 4.78 is 0. The molecule has 0 radical (unpaired) electrons. The van der Waals surface area contributed by atoms with Gasteiger partial charge in [0.2, 0.25) is 0 Å². The molecule has 2 aromatic rings. The van der Waals surface area contributed by atoms with E-state index in [1.54, 1.807) is 0 Å². The molecule has 1 unspecified atom stereocenters. The van der Waals surface area contributed by atoms with E-state index < -0.39 is 0 Å². The molecule has 1 atom stereocenters. The minimum atomic E-state index is 0.445. The van der Waals surface area contributed by atoms with Gasteiger partial charge in [0.25, 0.3) is 0 Å². The summed E-state index contributed by atoms with van der Waals surface area (Å²) in [6, 6.07) is 14.0. The molecule has 0 spiro atoms. The fourth-order valence-electron chi connectivity index (χ4n) is 3.29. The van der Waals surface area contributed by atoms with Crippen LogP contribution in [0.3, 0.4) is 0 Å². The van der Waals surface area contributed by atoms with E-state index in [2.05, 4.69) is 76.3 Å². The van der Waals surface area contributed by atoms with E-state index in [-0.39, 0.29) is 0 Å². The number of benzene rings is 2. The molecule has 0 bridgehead atoms. The van der Waals surface area contributed by atoms with Crippen molar-refractivity contribution in [1.82, 2.24) is 5.32 Å². The topological polar surface area (TPSA) is 12.0 Å². The van der Waals surface area contributed by atoms with Crippen molar-refractivity contribution >= 4 is 0 Å². The second-order valence-corrected chi connectivity index (χ2v) is 5.92. The molecule has 21 heavy (non-hydrogen) atoms. The Kier molecular flexibility index (Phi) is 5.19. The highest BCUT2D eigenvalue weighted by Gasteiger charge is 2.11. The summed E-state index contributed by atoms with van der Waals surface area (Å²) in [5, 5.41) is 3.57. The third-order valence-corrected chi connectivity index (χ3v) is 4.11. The van der Waals surface area contributed by atoms with E-state index in [0.717, 1.165) is 13.0 Å². The highest BCUT2D eigenvalue weighted by Crippen LogP contribution is 2.30. The van der Waals surface area contributed by atoms with Gasteiger partial charge in [0.05, 0.1) is 0 Å². The fourth-order valence-corrected chi connectivity index (χ4v) is 3.29. The highest BCUT2D eigenvalue weighted by molar-refractivity contribution is 5.71. The van der Waals surface area contributed by atoms with Gasteiger partial charge in [-0.25, -0.2) is 0 Å². The zero-order valence-corrected chi connectivity index (χ0v) is 14.0. The maximum absolute atomic E-state index is 3.57. The Balaban J connectivity index is 2.47. The van der Waals surface area contributed by atoms with Crippen LogP contribution >= 0.6 is 0 Å².